The molecule has 10 heteroatoms. The molecule has 0 saturated carbocycles. The summed E-state index contributed by atoms with van der Waals surface area (Å²) < 4.78 is 2.23. The molecular weight excluding hydrogens is 402 g/mol. The maximum Gasteiger partial charge on any atom is 0.267 e. The van der Waals surface area contributed by atoms with Crippen molar-refractivity contribution in [1.82, 2.24) is 19.6 Å². The normalized spacial score (nSPS) is 11.0. The number of thiophene rings is 1. The molecule has 7 nitrogen and oxygen atoms in total. The van der Waals surface area contributed by atoms with Crippen LogP contribution in [0.3, 0.4) is 0 Å². The molecule has 4 rings (SSSR count). The van der Waals surface area contributed by atoms with Crippen LogP contribution in [0.5, 0.6) is 0 Å². The number of thioether (sulfide) groups is 1. The van der Waals surface area contributed by atoms with Gasteiger partial charge in [-0.1, -0.05) is 35.2 Å². The van der Waals surface area contributed by atoms with Gasteiger partial charge >= 0.3 is 0 Å². The van der Waals surface area contributed by atoms with Crippen molar-refractivity contribution >= 4 is 51.1 Å². The fraction of sp³-hybridized carbons (Fsp3) is 0.118. The summed E-state index contributed by atoms with van der Waals surface area (Å²) in [4.78, 5) is 29.5. The number of nitrogens with one attached hydrogen (secondary N) is 1. The number of hydrogen-bond donors (Lipinski definition) is 1. The van der Waals surface area contributed by atoms with Crippen LogP contribution in [-0.2, 0) is 5.75 Å². The molecule has 0 aliphatic rings. The summed E-state index contributed by atoms with van der Waals surface area (Å²) >= 11 is 4.09. The fourth-order valence-electron chi connectivity index (χ4n) is 2.40. The number of pyridine rings is 1. The van der Waals surface area contributed by atoms with Crippen LogP contribution in [0, 0.1) is 6.92 Å². The lowest BCUT2D eigenvalue weighted by Crippen LogP contribution is -2.15. The smallest absolute Gasteiger partial charge is 0.267 e. The maximum absolute atomic E-state index is 12.2. The first-order chi connectivity index (χ1) is 13.1. The molecule has 0 aliphatic heterocycles. The Labute approximate surface area is 166 Å². The van der Waals surface area contributed by atoms with E-state index in [0.29, 0.717) is 31.4 Å². The molecule has 136 valence electrons. The molecule has 4 aromatic rings. The van der Waals surface area contributed by atoms with Crippen molar-refractivity contribution in [2.24, 2.45) is 0 Å². The summed E-state index contributed by atoms with van der Waals surface area (Å²) in [5, 5.41) is 13.1. The molecule has 0 atom stereocenters. The molecule has 27 heavy (non-hydrogen) atoms. The zero-order chi connectivity index (χ0) is 18.8. The molecule has 4 heterocycles. The van der Waals surface area contributed by atoms with Crippen LogP contribution in [0.4, 0.5) is 5.13 Å². The van der Waals surface area contributed by atoms with Crippen LogP contribution in [0.2, 0.25) is 0 Å². The van der Waals surface area contributed by atoms with Crippen LogP contribution < -0.4 is 10.9 Å². The monoisotopic (exact) mass is 415 g/mol. The maximum atomic E-state index is 12.2. The third-order valence-corrected chi connectivity index (χ3v) is 6.53. The van der Waals surface area contributed by atoms with E-state index in [4.69, 9.17) is 0 Å². The highest BCUT2D eigenvalue weighted by atomic mass is 32.2. The Morgan fingerprint density at radius 2 is 2.19 bits per heavy atom. The molecule has 0 fully saturated rings. The first kappa shape index (κ1) is 17.8. The zero-order valence-electron chi connectivity index (χ0n) is 14.1. The number of hydrogen-bond acceptors (Lipinski definition) is 8. The largest absolute Gasteiger partial charge is 0.296 e. The van der Waals surface area contributed by atoms with E-state index < -0.39 is 0 Å². The van der Waals surface area contributed by atoms with E-state index in [2.05, 4.69) is 20.5 Å². The van der Waals surface area contributed by atoms with Gasteiger partial charge in [-0.3, -0.25) is 19.3 Å². The van der Waals surface area contributed by atoms with Crippen LogP contribution in [0.1, 0.15) is 20.9 Å². The highest BCUT2D eigenvalue weighted by Gasteiger charge is 2.12. The number of fused-ring (bicyclic) bond motifs is 1. The summed E-state index contributed by atoms with van der Waals surface area (Å²) in [5.74, 6) is 0.297. The molecule has 0 saturated heterocycles. The van der Waals surface area contributed by atoms with E-state index >= 15 is 0 Å². The van der Waals surface area contributed by atoms with Gasteiger partial charge in [0.1, 0.15) is 5.65 Å². The summed E-state index contributed by atoms with van der Waals surface area (Å²) in [5.41, 5.74) is 2.16. The SMILES string of the molecule is Cc1cccn2c(=O)cc(CSc3nnc(NC(=O)c4cccs4)s3)nc12. The van der Waals surface area contributed by atoms with Gasteiger partial charge < -0.3 is 0 Å². The second-order valence-corrected chi connectivity index (χ2v) is 8.71. The van der Waals surface area contributed by atoms with Gasteiger partial charge in [0.2, 0.25) is 5.13 Å². The molecule has 0 unspecified atom stereocenters. The van der Waals surface area contributed by atoms with Crippen LogP contribution in [0.15, 0.2) is 51.0 Å². The Balaban J connectivity index is 1.46. The van der Waals surface area contributed by atoms with Crippen molar-refractivity contribution in [3.05, 3.63) is 68.4 Å². The molecule has 0 bridgehead atoms. The zero-order valence-corrected chi connectivity index (χ0v) is 16.5. The lowest BCUT2D eigenvalue weighted by atomic mass is 10.3. The Hall–Kier alpha value is -2.56. The predicted octanol–water partition coefficient (Wildman–Crippen LogP) is 3.46. The minimum atomic E-state index is -0.197. The molecule has 0 radical (unpaired) electrons. The molecular formula is C17H13N5O2S3. The number of amides is 1. The highest BCUT2D eigenvalue weighted by molar-refractivity contribution is 8.00. The molecule has 1 amide bonds. The van der Waals surface area contributed by atoms with Crippen molar-refractivity contribution < 1.29 is 4.79 Å². The molecule has 0 aromatic carbocycles. The molecule has 4 aromatic heterocycles. The fourth-order valence-corrected chi connectivity index (χ4v) is 4.66. The number of carbonyl (C=O) groups is 1. The average molecular weight is 416 g/mol. The minimum Gasteiger partial charge on any atom is -0.296 e. The topological polar surface area (TPSA) is 89.3 Å². The average Bonchev–Trinajstić information content (AvgIpc) is 3.33. The van der Waals surface area contributed by atoms with Gasteiger partial charge in [-0.15, -0.1) is 21.5 Å². The standard InChI is InChI=1S/C17H13N5O2S3/c1-10-4-2-6-22-13(23)8-11(18-14(10)22)9-26-17-21-20-16(27-17)19-15(24)12-5-3-7-25-12/h2-8H,9H2,1H3,(H,19,20,24). The van der Waals surface area contributed by atoms with Crippen LogP contribution in [0.25, 0.3) is 5.65 Å². The quantitative estimate of drug-likeness (QED) is 0.397. The predicted molar refractivity (Wildman–Crippen MR) is 108 cm³/mol. The Morgan fingerprint density at radius 1 is 1.30 bits per heavy atom. The van der Waals surface area contributed by atoms with Crippen molar-refractivity contribution in [1.29, 1.82) is 0 Å². The van der Waals surface area contributed by atoms with Gasteiger partial charge in [0.15, 0.2) is 4.34 Å². The molecule has 0 aliphatic carbocycles. The third-order valence-electron chi connectivity index (χ3n) is 3.65. The number of aryl methyl sites for hydroxylation is 1. The summed E-state index contributed by atoms with van der Waals surface area (Å²) in [7, 11) is 0. The first-order valence-corrected chi connectivity index (χ1v) is 10.6. The second kappa shape index (κ2) is 7.59. The number of carbonyl (C=O) groups excluding carboxylic acids is 1. The lowest BCUT2D eigenvalue weighted by Gasteiger charge is -2.05. The van der Waals surface area contributed by atoms with E-state index in [9.17, 15) is 9.59 Å². The Bertz CT molecular complexity index is 1170. The Kier molecular flexibility index (Phi) is 5.01. The number of anilines is 1. The minimum absolute atomic E-state index is 0.111. The van der Waals surface area contributed by atoms with Gasteiger partial charge in [0, 0.05) is 18.0 Å². The van der Waals surface area contributed by atoms with Gasteiger partial charge in [0.05, 0.1) is 10.6 Å². The van der Waals surface area contributed by atoms with E-state index in [-0.39, 0.29) is 11.5 Å². The van der Waals surface area contributed by atoms with Gasteiger partial charge in [0.25, 0.3) is 11.5 Å². The lowest BCUT2D eigenvalue weighted by molar-refractivity contribution is 0.103. The Morgan fingerprint density at radius 3 is 3.00 bits per heavy atom. The van der Waals surface area contributed by atoms with E-state index in [1.165, 1.54) is 44.9 Å². The van der Waals surface area contributed by atoms with Gasteiger partial charge in [-0.2, -0.15) is 0 Å². The molecule has 0 spiro atoms. The van der Waals surface area contributed by atoms with E-state index in [0.717, 1.165) is 5.56 Å². The summed E-state index contributed by atoms with van der Waals surface area (Å²) in [6, 6.07) is 8.85. The van der Waals surface area contributed by atoms with Gasteiger partial charge in [-0.25, -0.2) is 4.98 Å². The van der Waals surface area contributed by atoms with E-state index in [1.54, 1.807) is 12.3 Å². The van der Waals surface area contributed by atoms with Crippen molar-refractivity contribution in [3.8, 4) is 0 Å². The van der Waals surface area contributed by atoms with E-state index in [1.807, 2.05) is 30.5 Å². The van der Waals surface area contributed by atoms with Crippen molar-refractivity contribution in [2.45, 2.75) is 17.0 Å². The van der Waals surface area contributed by atoms with Crippen LogP contribution in [-0.4, -0.2) is 25.5 Å². The number of rotatable bonds is 5. The number of aromatic nitrogens is 4. The molecule has 1 N–H and O–H groups in total. The summed E-state index contributed by atoms with van der Waals surface area (Å²) in [6.45, 7) is 1.92. The second-order valence-electron chi connectivity index (χ2n) is 5.56. The van der Waals surface area contributed by atoms with Gasteiger partial charge in [-0.05, 0) is 30.0 Å². The van der Waals surface area contributed by atoms with Crippen molar-refractivity contribution in [3.63, 3.8) is 0 Å². The van der Waals surface area contributed by atoms with Crippen LogP contribution >= 0.6 is 34.4 Å². The summed E-state index contributed by atoms with van der Waals surface area (Å²) in [6.07, 6.45) is 1.71. The number of nitrogens with zero attached hydrogens (tertiary/aromatic N) is 4. The van der Waals surface area contributed by atoms with Crippen molar-refractivity contribution in [2.75, 3.05) is 5.32 Å². The first-order valence-electron chi connectivity index (χ1n) is 7.89. The third kappa shape index (κ3) is 3.92. The highest BCUT2D eigenvalue weighted by Crippen LogP contribution is 2.28.